The van der Waals surface area contributed by atoms with Crippen molar-refractivity contribution in [2.75, 3.05) is 23.3 Å². The molecule has 0 fully saturated rings. The fourth-order valence-corrected chi connectivity index (χ4v) is 3.66. The van der Waals surface area contributed by atoms with Crippen LogP contribution in [0.4, 0.5) is 11.4 Å². The molecule has 1 aromatic heterocycles. The number of nitrogens with zero attached hydrogens (tertiary/aromatic N) is 1. The number of anilines is 2. The highest BCUT2D eigenvalue weighted by Gasteiger charge is 2.15. The van der Waals surface area contributed by atoms with Crippen LogP contribution < -0.4 is 15.5 Å². The highest BCUT2D eigenvalue weighted by molar-refractivity contribution is 7.80. The highest BCUT2D eigenvalue weighted by Crippen LogP contribution is 2.29. The van der Waals surface area contributed by atoms with E-state index in [0.29, 0.717) is 15.8 Å². The minimum atomic E-state index is -0.443. The van der Waals surface area contributed by atoms with Crippen molar-refractivity contribution in [3.63, 3.8) is 0 Å². The van der Waals surface area contributed by atoms with Gasteiger partial charge in [-0.15, -0.1) is 0 Å². The molecule has 3 aromatic rings. The van der Waals surface area contributed by atoms with Gasteiger partial charge in [-0.2, -0.15) is 0 Å². The van der Waals surface area contributed by atoms with Gasteiger partial charge in [-0.05, 0) is 87.1 Å². The zero-order valence-corrected chi connectivity index (χ0v) is 19.8. The van der Waals surface area contributed by atoms with E-state index in [4.69, 9.17) is 39.8 Å². The first-order valence-electron chi connectivity index (χ1n) is 9.85. The zero-order valence-electron chi connectivity index (χ0n) is 17.5. The number of hydrogen-bond donors (Lipinski definition) is 2. The lowest BCUT2D eigenvalue weighted by Gasteiger charge is -2.22. The quantitative estimate of drug-likeness (QED) is 0.396. The van der Waals surface area contributed by atoms with Gasteiger partial charge in [0.15, 0.2) is 10.9 Å². The molecule has 162 valence electrons. The van der Waals surface area contributed by atoms with Crippen molar-refractivity contribution in [2.45, 2.75) is 20.8 Å². The van der Waals surface area contributed by atoms with Crippen LogP contribution in [0.1, 0.15) is 30.0 Å². The summed E-state index contributed by atoms with van der Waals surface area (Å²) in [5, 5.41) is 6.77. The molecule has 3 rings (SSSR count). The summed E-state index contributed by atoms with van der Waals surface area (Å²) in [5.74, 6) is 0.200. The Balaban J connectivity index is 1.65. The SMILES string of the molecule is CCN(CC)c1ccc(NC(=S)NC(=O)c2ccc(-c3ccc(Cl)c(Cl)c3)o2)c(C)c1. The number of benzene rings is 2. The van der Waals surface area contributed by atoms with E-state index in [0.717, 1.165) is 35.6 Å². The van der Waals surface area contributed by atoms with Crippen LogP contribution in [0.15, 0.2) is 52.9 Å². The number of halogens is 2. The van der Waals surface area contributed by atoms with Crippen LogP contribution in [0.3, 0.4) is 0 Å². The minimum absolute atomic E-state index is 0.138. The Labute approximate surface area is 197 Å². The second-order valence-corrected chi connectivity index (χ2v) is 8.10. The smallest absolute Gasteiger partial charge is 0.293 e. The van der Waals surface area contributed by atoms with E-state index in [1.165, 1.54) is 0 Å². The van der Waals surface area contributed by atoms with Crippen molar-refractivity contribution < 1.29 is 9.21 Å². The Morgan fingerprint density at radius 1 is 1.03 bits per heavy atom. The lowest BCUT2D eigenvalue weighted by molar-refractivity contribution is 0.0951. The van der Waals surface area contributed by atoms with E-state index >= 15 is 0 Å². The monoisotopic (exact) mass is 475 g/mol. The van der Waals surface area contributed by atoms with Gasteiger partial charge in [0.2, 0.25) is 0 Å². The maximum Gasteiger partial charge on any atom is 0.293 e. The number of carbonyl (C=O) groups is 1. The molecule has 2 N–H and O–H groups in total. The van der Waals surface area contributed by atoms with E-state index in [1.54, 1.807) is 30.3 Å². The molecule has 0 saturated heterocycles. The van der Waals surface area contributed by atoms with E-state index in [9.17, 15) is 4.79 Å². The molecule has 8 heteroatoms. The normalized spacial score (nSPS) is 10.6. The fraction of sp³-hybridized carbons (Fsp3) is 0.217. The Hall–Kier alpha value is -2.54. The molecular formula is C23H23Cl2N3O2S. The molecule has 1 heterocycles. The van der Waals surface area contributed by atoms with Crippen LogP contribution >= 0.6 is 35.4 Å². The summed E-state index contributed by atoms with van der Waals surface area (Å²) in [4.78, 5) is 14.8. The van der Waals surface area contributed by atoms with Gasteiger partial charge >= 0.3 is 0 Å². The third-order valence-corrected chi connectivity index (χ3v) is 5.79. The summed E-state index contributed by atoms with van der Waals surface area (Å²) >= 11 is 17.3. The number of nitrogens with one attached hydrogen (secondary N) is 2. The second-order valence-electron chi connectivity index (χ2n) is 6.87. The largest absolute Gasteiger partial charge is 0.451 e. The van der Waals surface area contributed by atoms with Gasteiger partial charge in [0.1, 0.15) is 5.76 Å². The summed E-state index contributed by atoms with van der Waals surface area (Å²) < 4.78 is 5.66. The molecule has 0 aliphatic rings. The zero-order chi connectivity index (χ0) is 22.5. The van der Waals surface area contributed by atoms with Crippen molar-refractivity contribution in [3.05, 3.63) is 69.9 Å². The number of rotatable bonds is 6. The summed E-state index contributed by atoms with van der Waals surface area (Å²) in [5.41, 5.74) is 3.73. The molecule has 0 aliphatic carbocycles. The highest BCUT2D eigenvalue weighted by atomic mass is 35.5. The third-order valence-electron chi connectivity index (χ3n) is 4.85. The standard InChI is InChI=1S/C23H23Cl2N3O2S/c1-4-28(5-2)16-7-9-19(14(3)12-16)26-23(31)27-22(29)21-11-10-20(30-21)15-6-8-17(24)18(25)13-15/h6-13H,4-5H2,1-3H3,(H2,26,27,29,31). The second kappa shape index (κ2) is 10.2. The molecule has 31 heavy (non-hydrogen) atoms. The molecule has 1 amide bonds. The maximum atomic E-state index is 12.5. The molecule has 0 bridgehead atoms. The van der Waals surface area contributed by atoms with Gasteiger partial charge in [-0.1, -0.05) is 23.2 Å². The minimum Gasteiger partial charge on any atom is -0.451 e. The van der Waals surface area contributed by atoms with Crippen LogP contribution in [0.25, 0.3) is 11.3 Å². The van der Waals surface area contributed by atoms with Gasteiger partial charge < -0.3 is 14.6 Å². The Morgan fingerprint density at radius 2 is 1.77 bits per heavy atom. The molecule has 2 aromatic carbocycles. The number of thiocarbonyl (C=S) groups is 1. The molecule has 0 unspecified atom stereocenters. The van der Waals surface area contributed by atoms with Crippen LogP contribution in [0.2, 0.25) is 10.0 Å². The van der Waals surface area contributed by atoms with Gasteiger partial charge in [0.25, 0.3) is 5.91 Å². The Kier molecular flexibility index (Phi) is 7.59. The summed E-state index contributed by atoms with van der Waals surface area (Å²) in [6.07, 6.45) is 0. The van der Waals surface area contributed by atoms with Crippen molar-refractivity contribution >= 4 is 57.8 Å². The van der Waals surface area contributed by atoms with Crippen molar-refractivity contribution in [1.29, 1.82) is 0 Å². The molecule has 0 spiro atoms. The lowest BCUT2D eigenvalue weighted by atomic mass is 10.1. The number of furan rings is 1. The fourth-order valence-electron chi connectivity index (χ4n) is 3.16. The number of aryl methyl sites for hydroxylation is 1. The summed E-state index contributed by atoms with van der Waals surface area (Å²) in [7, 11) is 0. The van der Waals surface area contributed by atoms with Crippen molar-refractivity contribution in [2.24, 2.45) is 0 Å². The molecule has 0 saturated carbocycles. The summed E-state index contributed by atoms with van der Waals surface area (Å²) in [6, 6.07) is 14.5. The average Bonchev–Trinajstić information content (AvgIpc) is 3.23. The van der Waals surface area contributed by atoms with E-state index in [1.807, 2.05) is 19.1 Å². The number of hydrogen-bond acceptors (Lipinski definition) is 4. The lowest BCUT2D eigenvalue weighted by Crippen LogP contribution is -2.34. The van der Waals surface area contributed by atoms with E-state index in [2.05, 4.69) is 35.4 Å². The van der Waals surface area contributed by atoms with E-state index < -0.39 is 5.91 Å². The predicted molar refractivity (Wildman–Crippen MR) is 133 cm³/mol. The van der Waals surface area contributed by atoms with Crippen molar-refractivity contribution in [1.82, 2.24) is 5.32 Å². The van der Waals surface area contributed by atoms with Crippen LogP contribution in [-0.4, -0.2) is 24.1 Å². The third kappa shape index (κ3) is 5.58. The van der Waals surface area contributed by atoms with Crippen LogP contribution in [0.5, 0.6) is 0 Å². The maximum absolute atomic E-state index is 12.5. The molecule has 0 aliphatic heterocycles. The van der Waals surface area contributed by atoms with Gasteiger partial charge in [-0.25, -0.2) is 0 Å². The molecule has 0 radical (unpaired) electrons. The molecular weight excluding hydrogens is 453 g/mol. The Bertz CT molecular complexity index is 1110. The van der Waals surface area contributed by atoms with Gasteiger partial charge in [0.05, 0.1) is 10.0 Å². The molecule has 5 nitrogen and oxygen atoms in total. The molecule has 0 atom stereocenters. The van der Waals surface area contributed by atoms with Gasteiger partial charge in [-0.3, -0.25) is 10.1 Å². The van der Waals surface area contributed by atoms with Crippen LogP contribution in [-0.2, 0) is 0 Å². The first kappa shape index (κ1) is 23.1. The average molecular weight is 476 g/mol. The van der Waals surface area contributed by atoms with Gasteiger partial charge in [0, 0.05) is 30.0 Å². The topological polar surface area (TPSA) is 57.5 Å². The first-order valence-corrected chi connectivity index (χ1v) is 11.0. The first-order chi connectivity index (χ1) is 14.8. The Morgan fingerprint density at radius 3 is 2.42 bits per heavy atom. The van der Waals surface area contributed by atoms with E-state index in [-0.39, 0.29) is 10.9 Å². The predicted octanol–water partition coefficient (Wildman–Crippen LogP) is 6.53. The van der Waals surface area contributed by atoms with Crippen molar-refractivity contribution in [3.8, 4) is 11.3 Å². The number of amides is 1. The summed E-state index contributed by atoms with van der Waals surface area (Å²) in [6.45, 7) is 8.11. The van der Waals surface area contributed by atoms with Crippen LogP contribution in [0, 0.1) is 6.92 Å². The number of carbonyl (C=O) groups excluding carboxylic acids is 1.